The Kier molecular flexibility index (Phi) is 8.83. The highest BCUT2D eigenvalue weighted by molar-refractivity contribution is 9.11. The van der Waals surface area contributed by atoms with Crippen LogP contribution in [0.5, 0.6) is 5.75 Å². The number of phenolic OH excluding ortho intramolecular Hbond substituents is 1. The van der Waals surface area contributed by atoms with Crippen molar-refractivity contribution in [2.24, 2.45) is 5.92 Å². The van der Waals surface area contributed by atoms with E-state index >= 15 is 0 Å². The summed E-state index contributed by atoms with van der Waals surface area (Å²) in [6, 6.07) is 3.43. The number of hydrogen-bond acceptors (Lipinski definition) is 5. The van der Waals surface area contributed by atoms with E-state index in [1.807, 2.05) is 0 Å². The Morgan fingerprint density at radius 3 is 2.08 bits per heavy atom. The zero-order valence-electron chi connectivity index (χ0n) is 14.4. The third-order valence-corrected chi connectivity index (χ3v) is 5.14. The first-order chi connectivity index (χ1) is 12.5. The van der Waals surface area contributed by atoms with Gasteiger partial charge in [-0.25, -0.2) is 0 Å². The van der Waals surface area contributed by atoms with Crippen LogP contribution in [-0.4, -0.2) is 56.2 Å². The molecule has 0 radical (unpaired) electrons. The molecule has 1 aliphatic heterocycles. The van der Waals surface area contributed by atoms with E-state index in [0.29, 0.717) is 36.2 Å². The van der Waals surface area contributed by atoms with Gasteiger partial charge in [-0.3, -0.25) is 9.59 Å². The zero-order valence-corrected chi connectivity index (χ0v) is 17.6. The molecule has 2 rings (SSSR count). The molecule has 0 aliphatic carbocycles. The Hall–Kier alpha value is -1.16. The first-order valence-corrected chi connectivity index (χ1v) is 10.2. The van der Waals surface area contributed by atoms with Crippen molar-refractivity contribution >= 4 is 43.7 Å². The molecule has 1 heterocycles. The lowest BCUT2D eigenvalue weighted by molar-refractivity contribution is -0.135. The normalized spacial score (nSPS) is 18.7. The topological polar surface area (TPSA) is 102 Å². The van der Waals surface area contributed by atoms with Crippen molar-refractivity contribution < 1.29 is 14.7 Å². The first-order valence-electron chi connectivity index (χ1n) is 8.62. The Bertz CT molecular complexity index is 619. The van der Waals surface area contributed by atoms with Gasteiger partial charge in [0.15, 0.2) is 0 Å². The van der Waals surface area contributed by atoms with Crippen LogP contribution in [-0.2, 0) is 16.0 Å². The lowest BCUT2D eigenvalue weighted by Crippen LogP contribution is -2.46. The van der Waals surface area contributed by atoms with Crippen molar-refractivity contribution in [3.63, 3.8) is 0 Å². The lowest BCUT2D eigenvalue weighted by Gasteiger charge is -2.19. The zero-order chi connectivity index (χ0) is 18.9. The summed E-state index contributed by atoms with van der Waals surface area (Å²) in [5.41, 5.74) is 0.527. The van der Waals surface area contributed by atoms with E-state index in [2.05, 4.69) is 53.1 Å². The van der Waals surface area contributed by atoms with Crippen molar-refractivity contribution in [3.8, 4) is 5.75 Å². The van der Waals surface area contributed by atoms with Gasteiger partial charge in [-0.2, -0.15) is 0 Å². The van der Waals surface area contributed by atoms with Gasteiger partial charge in [-0.05, 0) is 59.6 Å². The molecule has 0 spiro atoms. The SMILES string of the molecule is O=C1NCCNCCCNCCNC(=O)C1Cc1cc(Br)cc(Br)c1O. The molecular formula is C17H24Br2N4O3. The van der Waals surface area contributed by atoms with Gasteiger partial charge in [-0.15, -0.1) is 0 Å². The molecule has 7 nitrogen and oxygen atoms in total. The van der Waals surface area contributed by atoms with Gasteiger partial charge in [-0.1, -0.05) is 15.9 Å². The third-order valence-electron chi connectivity index (χ3n) is 4.07. The Balaban J connectivity index is 2.14. The van der Waals surface area contributed by atoms with Crippen LogP contribution in [0.1, 0.15) is 12.0 Å². The van der Waals surface area contributed by atoms with Crippen LogP contribution in [0.2, 0.25) is 0 Å². The number of nitrogens with one attached hydrogen (secondary N) is 4. The number of carbonyl (C=O) groups is 2. The third kappa shape index (κ3) is 6.53. The average Bonchev–Trinajstić information content (AvgIpc) is 2.60. The van der Waals surface area contributed by atoms with Crippen LogP contribution >= 0.6 is 31.9 Å². The fourth-order valence-corrected chi connectivity index (χ4v) is 4.00. The van der Waals surface area contributed by atoms with Crippen LogP contribution < -0.4 is 21.3 Å². The van der Waals surface area contributed by atoms with E-state index in [-0.39, 0.29) is 24.0 Å². The van der Waals surface area contributed by atoms with Crippen molar-refractivity contribution in [1.29, 1.82) is 0 Å². The molecule has 1 aromatic rings. The Labute approximate surface area is 169 Å². The largest absolute Gasteiger partial charge is 0.506 e. The Morgan fingerprint density at radius 2 is 1.50 bits per heavy atom. The number of hydrogen-bond donors (Lipinski definition) is 5. The lowest BCUT2D eigenvalue weighted by atomic mass is 9.96. The number of benzene rings is 1. The fourth-order valence-electron chi connectivity index (χ4n) is 2.68. The van der Waals surface area contributed by atoms with Gasteiger partial charge in [0.2, 0.25) is 11.8 Å². The molecule has 0 bridgehead atoms. The highest BCUT2D eigenvalue weighted by atomic mass is 79.9. The minimum atomic E-state index is -0.912. The van der Waals surface area contributed by atoms with Crippen molar-refractivity contribution in [1.82, 2.24) is 21.3 Å². The molecule has 1 saturated heterocycles. The molecule has 0 saturated carbocycles. The second-order valence-corrected chi connectivity index (χ2v) is 7.86. The molecule has 1 fully saturated rings. The molecule has 9 heteroatoms. The maximum Gasteiger partial charge on any atom is 0.232 e. The predicted octanol–water partition coefficient (Wildman–Crippen LogP) is 0.891. The minimum absolute atomic E-state index is 0.0385. The summed E-state index contributed by atoms with van der Waals surface area (Å²) in [5.74, 6) is -1.56. The van der Waals surface area contributed by atoms with Gasteiger partial charge in [0.1, 0.15) is 11.7 Å². The van der Waals surface area contributed by atoms with Crippen molar-refractivity contribution in [2.75, 3.05) is 39.3 Å². The fraction of sp³-hybridized carbons (Fsp3) is 0.529. The van der Waals surface area contributed by atoms with Crippen LogP contribution in [0.4, 0.5) is 0 Å². The van der Waals surface area contributed by atoms with Gasteiger partial charge < -0.3 is 26.4 Å². The van der Waals surface area contributed by atoms with Crippen LogP contribution in [0.15, 0.2) is 21.1 Å². The molecule has 0 unspecified atom stereocenters. The number of amides is 2. The molecule has 1 aliphatic rings. The molecule has 2 amide bonds. The van der Waals surface area contributed by atoms with Gasteiger partial charge in [0.25, 0.3) is 0 Å². The predicted molar refractivity (Wildman–Crippen MR) is 107 cm³/mol. The highest BCUT2D eigenvalue weighted by Gasteiger charge is 2.28. The second kappa shape index (κ2) is 10.9. The van der Waals surface area contributed by atoms with E-state index < -0.39 is 5.92 Å². The molecule has 0 atom stereocenters. The first kappa shape index (κ1) is 21.1. The summed E-state index contributed by atoms with van der Waals surface area (Å²) in [7, 11) is 0. The van der Waals surface area contributed by atoms with Crippen LogP contribution in [0.3, 0.4) is 0 Å². The van der Waals surface area contributed by atoms with E-state index in [4.69, 9.17) is 0 Å². The van der Waals surface area contributed by atoms with Gasteiger partial charge in [0, 0.05) is 30.7 Å². The summed E-state index contributed by atoms with van der Waals surface area (Å²) in [4.78, 5) is 25.1. The van der Waals surface area contributed by atoms with Gasteiger partial charge in [0.05, 0.1) is 4.47 Å². The summed E-state index contributed by atoms with van der Waals surface area (Å²) in [5, 5.41) is 22.4. The number of carbonyl (C=O) groups excluding carboxylic acids is 2. The van der Waals surface area contributed by atoms with Crippen LogP contribution in [0.25, 0.3) is 0 Å². The number of aromatic hydroxyl groups is 1. The standard InChI is InChI=1S/C17H24Br2N4O3/c18-12-8-11(15(24)14(19)10-12)9-13-16(25)22-6-4-20-2-1-3-21-5-7-23-17(13)26/h8,10,13,20-21,24H,1-7,9H2,(H,22,25)(H,23,26). The van der Waals surface area contributed by atoms with E-state index in [1.165, 1.54) is 0 Å². The summed E-state index contributed by atoms with van der Waals surface area (Å²) >= 11 is 6.65. The van der Waals surface area contributed by atoms with Crippen molar-refractivity contribution in [3.05, 3.63) is 26.6 Å². The van der Waals surface area contributed by atoms with E-state index in [1.54, 1.807) is 12.1 Å². The Morgan fingerprint density at radius 1 is 0.923 bits per heavy atom. The summed E-state index contributed by atoms with van der Waals surface area (Å²) < 4.78 is 1.27. The number of phenols is 1. The molecule has 1 aromatic carbocycles. The smallest absolute Gasteiger partial charge is 0.232 e. The van der Waals surface area contributed by atoms with Crippen molar-refractivity contribution in [2.45, 2.75) is 12.8 Å². The molecule has 0 aromatic heterocycles. The average molecular weight is 492 g/mol. The number of rotatable bonds is 2. The van der Waals surface area contributed by atoms with Gasteiger partial charge >= 0.3 is 0 Å². The van der Waals surface area contributed by atoms with E-state index in [0.717, 1.165) is 24.0 Å². The maximum absolute atomic E-state index is 12.6. The van der Waals surface area contributed by atoms with E-state index in [9.17, 15) is 14.7 Å². The van der Waals surface area contributed by atoms with Crippen LogP contribution in [0, 0.1) is 5.92 Å². The highest BCUT2D eigenvalue weighted by Crippen LogP contribution is 2.33. The monoisotopic (exact) mass is 490 g/mol. The number of halogens is 2. The summed E-state index contributed by atoms with van der Waals surface area (Å²) in [6.45, 7) is 3.94. The maximum atomic E-state index is 12.6. The molecular weight excluding hydrogens is 468 g/mol. The summed E-state index contributed by atoms with van der Waals surface area (Å²) in [6.07, 6.45) is 1.10. The quantitative estimate of drug-likeness (QED) is 0.395. The molecule has 144 valence electrons. The minimum Gasteiger partial charge on any atom is -0.506 e. The molecule has 26 heavy (non-hydrogen) atoms. The second-order valence-electron chi connectivity index (χ2n) is 6.09. The molecule has 5 N–H and O–H groups in total.